The highest BCUT2D eigenvalue weighted by Gasteiger charge is 2.22. The fourth-order valence-corrected chi connectivity index (χ4v) is 2.93. The molecule has 0 unspecified atom stereocenters. The Morgan fingerprint density at radius 1 is 1.08 bits per heavy atom. The van der Waals surface area contributed by atoms with E-state index in [0.717, 1.165) is 10.6 Å². The Kier molecular flexibility index (Phi) is 3.42. The van der Waals surface area contributed by atoms with Crippen molar-refractivity contribution in [3.8, 4) is 17.1 Å². The monoisotopic (exact) mass is 339 g/mol. The minimum atomic E-state index is -0.700. The summed E-state index contributed by atoms with van der Waals surface area (Å²) in [5.41, 5.74) is 0.0835. The average molecular weight is 339 g/mol. The van der Waals surface area contributed by atoms with Crippen LogP contribution in [0, 0.1) is 5.82 Å². The molecular formula is C18H14FN3O3. The van der Waals surface area contributed by atoms with Crippen molar-refractivity contribution in [2.24, 2.45) is 0 Å². The summed E-state index contributed by atoms with van der Waals surface area (Å²) in [5, 5.41) is 0. The number of halogens is 1. The van der Waals surface area contributed by atoms with Gasteiger partial charge in [0.2, 0.25) is 0 Å². The Morgan fingerprint density at radius 2 is 1.88 bits per heavy atom. The van der Waals surface area contributed by atoms with Crippen LogP contribution in [0.15, 0.2) is 58.3 Å². The van der Waals surface area contributed by atoms with Gasteiger partial charge in [0.15, 0.2) is 5.82 Å². The van der Waals surface area contributed by atoms with Gasteiger partial charge in [-0.3, -0.25) is 9.36 Å². The van der Waals surface area contributed by atoms with Crippen molar-refractivity contribution in [3.63, 3.8) is 0 Å². The molecule has 1 N–H and O–H groups in total. The first kappa shape index (κ1) is 15.2. The Balaban J connectivity index is 2.04. The molecule has 0 amide bonds. The molecule has 0 spiro atoms. The van der Waals surface area contributed by atoms with Gasteiger partial charge in [-0.25, -0.2) is 13.8 Å². The van der Waals surface area contributed by atoms with Crippen LogP contribution in [0.1, 0.15) is 6.92 Å². The van der Waals surface area contributed by atoms with E-state index in [4.69, 9.17) is 4.74 Å². The Bertz CT molecular complexity index is 1170. The van der Waals surface area contributed by atoms with Crippen LogP contribution < -0.4 is 16.0 Å². The average Bonchev–Trinajstić information content (AvgIpc) is 2.87. The number of H-pyrrole nitrogens is 1. The molecule has 0 bridgehead atoms. The first-order valence-corrected chi connectivity index (χ1v) is 7.78. The van der Waals surface area contributed by atoms with Crippen LogP contribution in [0.2, 0.25) is 0 Å². The maximum atomic E-state index is 14.5. The van der Waals surface area contributed by atoms with E-state index >= 15 is 0 Å². The van der Waals surface area contributed by atoms with Crippen molar-refractivity contribution < 1.29 is 9.13 Å². The van der Waals surface area contributed by atoms with Crippen LogP contribution in [0.25, 0.3) is 22.4 Å². The predicted octanol–water partition coefficient (Wildman–Crippen LogP) is 2.45. The molecule has 2 aliphatic rings. The van der Waals surface area contributed by atoms with Gasteiger partial charge < -0.3 is 9.72 Å². The van der Waals surface area contributed by atoms with Crippen molar-refractivity contribution >= 4 is 11.0 Å². The lowest BCUT2D eigenvalue weighted by molar-refractivity contribution is 0.338. The van der Waals surface area contributed by atoms with Crippen LogP contribution in [0.4, 0.5) is 4.39 Å². The Labute approximate surface area is 141 Å². The number of rotatable bonds is 3. The van der Waals surface area contributed by atoms with Gasteiger partial charge in [-0.05, 0) is 31.2 Å². The van der Waals surface area contributed by atoms with E-state index in [1.807, 2.05) is 6.07 Å². The van der Waals surface area contributed by atoms with Gasteiger partial charge >= 0.3 is 5.69 Å². The Morgan fingerprint density at radius 3 is 2.64 bits per heavy atom. The second kappa shape index (κ2) is 5.62. The highest BCUT2D eigenvalue weighted by atomic mass is 19.1. The number of nitrogens with zero attached hydrogens (tertiary/aromatic N) is 2. The van der Waals surface area contributed by atoms with Crippen LogP contribution in [-0.4, -0.2) is 20.7 Å². The number of benzene rings is 2. The third-order valence-electron chi connectivity index (χ3n) is 4.03. The second-order valence-corrected chi connectivity index (χ2v) is 5.50. The molecule has 0 atom stereocenters. The number of hydrogen-bond acceptors (Lipinski definition) is 3. The maximum Gasteiger partial charge on any atom is 0.341 e. The van der Waals surface area contributed by atoms with Crippen molar-refractivity contribution in [2.75, 3.05) is 6.61 Å². The molecule has 0 saturated carbocycles. The molecule has 0 fully saturated rings. The molecule has 2 aromatic carbocycles. The number of fused-ring (bicyclic) bond motifs is 3. The lowest BCUT2D eigenvalue weighted by Crippen LogP contribution is -2.26. The maximum absolute atomic E-state index is 14.5. The van der Waals surface area contributed by atoms with Crippen LogP contribution >= 0.6 is 0 Å². The minimum absolute atomic E-state index is 0.105. The highest BCUT2D eigenvalue weighted by Crippen LogP contribution is 2.20. The standard InChI is InChI=1S/C18H14FN3O3/c1-2-25-11-7-8-14(12(19)9-11)22-17(23)16-10-20-13-5-3-4-6-15(13)21(16)18(22)24/h3-10,20H,2H2,1H3. The number of para-hydroxylation sites is 2. The van der Waals surface area contributed by atoms with Crippen LogP contribution in [0.5, 0.6) is 5.75 Å². The molecule has 6 nitrogen and oxygen atoms in total. The van der Waals surface area contributed by atoms with E-state index in [-0.39, 0.29) is 11.4 Å². The summed E-state index contributed by atoms with van der Waals surface area (Å²) in [6.45, 7) is 2.18. The molecular weight excluding hydrogens is 325 g/mol. The molecule has 4 rings (SSSR count). The number of nitrogens with one attached hydrogen (secondary N) is 1. The topological polar surface area (TPSA) is 69.0 Å². The zero-order valence-electron chi connectivity index (χ0n) is 13.3. The lowest BCUT2D eigenvalue weighted by Gasteiger charge is -2.06. The fourth-order valence-electron chi connectivity index (χ4n) is 2.93. The van der Waals surface area contributed by atoms with Gasteiger partial charge in [0, 0.05) is 12.3 Å². The molecule has 0 aromatic heterocycles. The summed E-state index contributed by atoms with van der Waals surface area (Å²) in [6.07, 6.45) is 1.45. The predicted molar refractivity (Wildman–Crippen MR) is 91.8 cm³/mol. The van der Waals surface area contributed by atoms with Crippen molar-refractivity contribution in [1.29, 1.82) is 0 Å². The van der Waals surface area contributed by atoms with E-state index in [1.165, 1.54) is 22.9 Å². The zero-order chi connectivity index (χ0) is 17.6. The summed E-state index contributed by atoms with van der Waals surface area (Å²) < 4.78 is 21.8. The second-order valence-electron chi connectivity index (χ2n) is 5.50. The molecule has 2 heterocycles. The van der Waals surface area contributed by atoms with Gasteiger partial charge in [0.05, 0.1) is 23.3 Å². The van der Waals surface area contributed by atoms with Gasteiger partial charge in [0.1, 0.15) is 11.4 Å². The summed E-state index contributed by atoms with van der Waals surface area (Å²) in [7, 11) is 0. The summed E-state index contributed by atoms with van der Waals surface area (Å²) in [5.74, 6) is -0.360. The number of aromatic nitrogens is 3. The quantitative estimate of drug-likeness (QED) is 0.623. The van der Waals surface area contributed by atoms with E-state index < -0.39 is 17.1 Å². The zero-order valence-corrected chi connectivity index (χ0v) is 13.3. The van der Waals surface area contributed by atoms with E-state index in [0.29, 0.717) is 23.4 Å². The summed E-state index contributed by atoms with van der Waals surface area (Å²) >= 11 is 0. The molecule has 2 aliphatic heterocycles. The van der Waals surface area contributed by atoms with Crippen molar-refractivity contribution in [1.82, 2.24) is 14.1 Å². The first-order chi connectivity index (χ1) is 12.1. The third-order valence-corrected chi connectivity index (χ3v) is 4.03. The van der Waals surface area contributed by atoms with Crippen LogP contribution in [0.3, 0.4) is 0 Å². The number of imidazole rings is 1. The molecule has 126 valence electrons. The van der Waals surface area contributed by atoms with Gasteiger partial charge in [-0.1, -0.05) is 12.1 Å². The molecule has 25 heavy (non-hydrogen) atoms. The van der Waals surface area contributed by atoms with E-state index in [1.54, 1.807) is 25.1 Å². The smallest absolute Gasteiger partial charge is 0.341 e. The third kappa shape index (κ3) is 2.24. The molecule has 0 aliphatic carbocycles. The fraction of sp³-hybridized carbons (Fsp3) is 0.111. The van der Waals surface area contributed by atoms with E-state index in [2.05, 4.69) is 4.98 Å². The first-order valence-electron chi connectivity index (χ1n) is 7.78. The van der Waals surface area contributed by atoms with Gasteiger partial charge in [-0.15, -0.1) is 0 Å². The molecule has 2 aromatic rings. The van der Waals surface area contributed by atoms with Gasteiger partial charge in [0.25, 0.3) is 5.56 Å². The lowest BCUT2D eigenvalue weighted by atomic mass is 10.3. The summed E-state index contributed by atoms with van der Waals surface area (Å²) in [4.78, 5) is 28.5. The minimum Gasteiger partial charge on any atom is -0.494 e. The normalized spacial score (nSPS) is 11.3. The van der Waals surface area contributed by atoms with Crippen molar-refractivity contribution in [2.45, 2.75) is 6.92 Å². The Hall–Kier alpha value is -3.35. The SMILES string of the molecule is CCOc1ccc(-n2c(=O)c3c[nH]c4ccccc4n-3c2=O)c(F)c1. The van der Waals surface area contributed by atoms with Crippen molar-refractivity contribution in [3.05, 3.63) is 75.3 Å². The molecule has 7 heteroatoms. The number of hydrogen-bond donors (Lipinski definition) is 1. The summed E-state index contributed by atoms with van der Waals surface area (Å²) in [6, 6.07) is 11.2. The number of ether oxygens (including phenoxy) is 1. The molecule has 0 saturated heterocycles. The van der Waals surface area contributed by atoms with E-state index in [9.17, 15) is 14.0 Å². The molecule has 0 radical (unpaired) electrons. The largest absolute Gasteiger partial charge is 0.494 e. The highest BCUT2D eigenvalue weighted by molar-refractivity contribution is 5.77. The van der Waals surface area contributed by atoms with Gasteiger partial charge in [-0.2, -0.15) is 0 Å². The van der Waals surface area contributed by atoms with Crippen LogP contribution in [-0.2, 0) is 0 Å². The number of aromatic amines is 1.